The van der Waals surface area contributed by atoms with Crippen molar-refractivity contribution in [1.29, 1.82) is 0 Å². The van der Waals surface area contributed by atoms with Gasteiger partial charge in [0.05, 0.1) is 22.1 Å². The minimum absolute atomic E-state index is 0.132. The van der Waals surface area contributed by atoms with Crippen molar-refractivity contribution in [2.45, 2.75) is 38.9 Å². The first kappa shape index (κ1) is 20.7. The number of hydrogen-bond donors (Lipinski definition) is 1. The summed E-state index contributed by atoms with van der Waals surface area (Å²) in [7, 11) is -0.368. The van der Waals surface area contributed by atoms with E-state index >= 15 is 0 Å². The molecular formula is C26H25BN2O3. The molecule has 160 valence electrons. The van der Waals surface area contributed by atoms with Gasteiger partial charge >= 0.3 is 7.12 Å². The molecule has 1 aromatic heterocycles. The van der Waals surface area contributed by atoms with Crippen LogP contribution in [0.2, 0.25) is 0 Å². The van der Waals surface area contributed by atoms with Crippen molar-refractivity contribution < 1.29 is 9.31 Å². The molecule has 2 heterocycles. The predicted octanol–water partition coefficient (Wildman–Crippen LogP) is 4.56. The lowest BCUT2D eigenvalue weighted by molar-refractivity contribution is 0.00578. The van der Waals surface area contributed by atoms with Crippen molar-refractivity contribution >= 4 is 23.5 Å². The van der Waals surface area contributed by atoms with Gasteiger partial charge in [0.1, 0.15) is 5.82 Å². The second-order valence-corrected chi connectivity index (χ2v) is 9.22. The topological polar surface area (TPSA) is 64.2 Å². The third kappa shape index (κ3) is 3.55. The molecule has 1 aliphatic heterocycles. The molecule has 0 unspecified atom stereocenters. The van der Waals surface area contributed by atoms with Crippen LogP contribution in [-0.4, -0.2) is 28.3 Å². The maximum Gasteiger partial charge on any atom is 0.494 e. The molecule has 1 N–H and O–H groups in total. The largest absolute Gasteiger partial charge is 0.494 e. The Kier molecular flexibility index (Phi) is 4.80. The van der Waals surface area contributed by atoms with Crippen LogP contribution >= 0.6 is 0 Å². The lowest BCUT2D eigenvalue weighted by Crippen LogP contribution is -2.41. The first-order valence-electron chi connectivity index (χ1n) is 10.8. The summed E-state index contributed by atoms with van der Waals surface area (Å²) >= 11 is 0. The van der Waals surface area contributed by atoms with E-state index < -0.39 is 0 Å². The molecule has 6 heteroatoms. The zero-order chi connectivity index (χ0) is 22.5. The van der Waals surface area contributed by atoms with Gasteiger partial charge in [-0.2, -0.15) is 0 Å². The van der Waals surface area contributed by atoms with E-state index in [0.717, 1.165) is 22.2 Å². The molecule has 0 radical (unpaired) electrons. The minimum atomic E-state index is -0.368. The van der Waals surface area contributed by atoms with Crippen LogP contribution in [-0.2, 0) is 9.31 Å². The molecule has 0 saturated carbocycles. The molecular weight excluding hydrogens is 399 g/mol. The molecule has 0 aliphatic carbocycles. The van der Waals surface area contributed by atoms with Crippen molar-refractivity contribution in [2.24, 2.45) is 0 Å². The fourth-order valence-electron chi connectivity index (χ4n) is 3.86. The quantitative estimate of drug-likeness (QED) is 0.490. The average molecular weight is 424 g/mol. The van der Waals surface area contributed by atoms with Crippen molar-refractivity contribution in [3.8, 4) is 22.5 Å². The molecule has 1 fully saturated rings. The number of rotatable bonds is 3. The maximum atomic E-state index is 12.4. The monoisotopic (exact) mass is 424 g/mol. The van der Waals surface area contributed by atoms with Crippen LogP contribution in [0.1, 0.15) is 27.7 Å². The molecule has 1 aliphatic rings. The van der Waals surface area contributed by atoms with Gasteiger partial charge in [-0.25, -0.2) is 4.98 Å². The summed E-state index contributed by atoms with van der Waals surface area (Å²) in [5, 5.41) is 0.593. The van der Waals surface area contributed by atoms with Crippen LogP contribution < -0.4 is 11.0 Å². The fourth-order valence-corrected chi connectivity index (χ4v) is 3.86. The van der Waals surface area contributed by atoms with Crippen molar-refractivity contribution in [1.82, 2.24) is 9.97 Å². The Labute approximate surface area is 187 Å². The van der Waals surface area contributed by atoms with Gasteiger partial charge in [0.15, 0.2) is 0 Å². The Morgan fingerprint density at radius 1 is 0.750 bits per heavy atom. The maximum absolute atomic E-state index is 12.4. The normalized spacial score (nSPS) is 17.1. The second-order valence-electron chi connectivity index (χ2n) is 9.22. The number of fused-ring (bicyclic) bond motifs is 1. The van der Waals surface area contributed by atoms with E-state index in [0.29, 0.717) is 16.7 Å². The highest BCUT2D eigenvalue weighted by Gasteiger charge is 2.51. The van der Waals surface area contributed by atoms with Crippen molar-refractivity contribution in [3.05, 3.63) is 83.2 Å². The average Bonchev–Trinajstić information content (AvgIpc) is 3.01. The van der Waals surface area contributed by atoms with E-state index in [4.69, 9.17) is 9.31 Å². The van der Waals surface area contributed by atoms with Gasteiger partial charge in [0.2, 0.25) is 0 Å². The van der Waals surface area contributed by atoms with Gasteiger partial charge in [0.25, 0.3) is 5.56 Å². The van der Waals surface area contributed by atoms with Gasteiger partial charge in [0, 0.05) is 5.56 Å². The molecule has 3 aromatic carbocycles. The third-order valence-corrected chi connectivity index (χ3v) is 6.54. The van der Waals surface area contributed by atoms with E-state index in [1.807, 2.05) is 54.6 Å². The number of H-pyrrole nitrogens is 1. The number of hydrogen-bond acceptors (Lipinski definition) is 4. The number of benzene rings is 3. The van der Waals surface area contributed by atoms with Crippen molar-refractivity contribution in [2.75, 3.05) is 0 Å². The van der Waals surface area contributed by atoms with Crippen LogP contribution in [0.3, 0.4) is 0 Å². The molecule has 1 saturated heterocycles. The molecule has 4 aromatic rings. The fraction of sp³-hybridized carbons (Fsp3) is 0.231. The van der Waals surface area contributed by atoms with Crippen LogP contribution in [0.5, 0.6) is 0 Å². The van der Waals surface area contributed by atoms with E-state index in [-0.39, 0.29) is 23.9 Å². The molecule has 5 rings (SSSR count). The smallest absolute Gasteiger partial charge is 0.399 e. The van der Waals surface area contributed by atoms with Crippen LogP contribution in [0, 0.1) is 0 Å². The first-order chi connectivity index (χ1) is 15.2. The zero-order valence-electron chi connectivity index (χ0n) is 18.7. The number of aromatic amines is 1. The van der Waals surface area contributed by atoms with Crippen LogP contribution in [0.15, 0.2) is 77.6 Å². The Balaban J connectivity index is 1.39. The number of aromatic nitrogens is 2. The van der Waals surface area contributed by atoms with Gasteiger partial charge in [-0.1, -0.05) is 60.7 Å². The summed E-state index contributed by atoms with van der Waals surface area (Å²) in [6, 6.07) is 23.6. The Morgan fingerprint density at radius 2 is 1.28 bits per heavy atom. The Bertz CT molecular complexity index is 1330. The Hall–Kier alpha value is -3.22. The zero-order valence-corrected chi connectivity index (χ0v) is 18.7. The van der Waals surface area contributed by atoms with Crippen LogP contribution in [0.4, 0.5) is 0 Å². The Morgan fingerprint density at radius 3 is 1.91 bits per heavy atom. The lowest BCUT2D eigenvalue weighted by Gasteiger charge is -2.32. The summed E-state index contributed by atoms with van der Waals surface area (Å²) < 4.78 is 12.3. The SMILES string of the molecule is CC1(C)OB(c2ccc(-c3ccc(-c4nc5ccccc5c(=O)[nH]4)cc3)cc2)OC1(C)C. The first-order valence-corrected chi connectivity index (χ1v) is 10.8. The van der Waals surface area contributed by atoms with Crippen LogP contribution in [0.25, 0.3) is 33.4 Å². The van der Waals surface area contributed by atoms with Gasteiger partial charge in [-0.15, -0.1) is 0 Å². The molecule has 0 bridgehead atoms. The minimum Gasteiger partial charge on any atom is -0.399 e. The molecule has 0 spiro atoms. The van der Waals surface area contributed by atoms with E-state index in [1.165, 1.54) is 0 Å². The highest BCUT2D eigenvalue weighted by Crippen LogP contribution is 2.36. The van der Waals surface area contributed by atoms with Gasteiger partial charge in [-0.05, 0) is 56.4 Å². The second kappa shape index (κ2) is 7.43. The predicted molar refractivity (Wildman–Crippen MR) is 129 cm³/mol. The third-order valence-electron chi connectivity index (χ3n) is 6.54. The summed E-state index contributed by atoms with van der Waals surface area (Å²) in [5.41, 5.74) is 3.89. The highest BCUT2D eigenvalue weighted by molar-refractivity contribution is 6.62. The van der Waals surface area contributed by atoms with Crippen molar-refractivity contribution in [3.63, 3.8) is 0 Å². The number of para-hydroxylation sites is 1. The highest BCUT2D eigenvalue weighted by atomic mass is 16.7. The molecule has 0 atom stereocenters. The summed E-state index contributed by atoms with van der Waals surface area (Å²) in [5.74, 6) is 0.566. The summed E-state index contributed by atoms with van der Waals surface area (Å²) in [4.78, 5) is 19.9. The standard InChI is InChI=1S/C26H25BN2O3/c1-25(2)26(3,4)32-27(31-25)20-15-13-18(14-16-20)17-9-11-19(12-10-17)23-28-22-8-6-5-7-21(22)24(30)29-23/h5-16H,1-4H3,(H,28,29,30). The van der Waals surface area contributed by atoms with E-state index in [1.54, 1.807) is 6.07 Å². The lowest BCUT2D eigenvalue weighted by atomic mass is 9.78. The summed E-state index contributed by atoms with van der Waals surface area (Å²) in [6.07, 6.45) is 0. The molecule has 32 heavy (non-hydrogen) atoms. The number of nitrogens with one attached hydrogen (secondary N) is 1. The van der Waals surface area contributed by atoms with E-state index in [9.17, 15) is 4.79 Å². The summed E-state index contributed by atoms with van der Waals surface area (Å²) in [6.45, 7) is 8.22. The molecule has 0 amide bonds. The number of nitrogens with zero attached hydrogens (tertiary/aromatic N) is 1. The van der Waals surface area contributed by atoms with Gasteiger partial charge in [-0.3, -0.25) is 4.79 Å². The van der Waals surface area contributed by atoms with Gasteiger partial charge < -0.3 is 14.3 Å². The molecule has 5 nitrogen and oxygen atoms in total. The van der Waals surface area contributed by atoms with E-state index in [2.05, 4.69) is 49.8 Å².